The Kier molecular flexibility index (Phi) is 3.52. The Morgan fingerprint density at radius 1 is 0.824 bits per heavy atom. The number of alkyl halides is 2. The molecular weight excluding hydrogens is 218 g/mol. The number of hydrogen-bond acceptors (Lipinski definition) is 0. The van der Waals surface area contributed by atoms with Crippen LogP contribution in [0.1, 0.15) is 11.1 Å². The van der Waals surface area contributed by atoms with Crippen LogP contribution in [0, 0.1) is 0 Å². The fourth-order valence-corrected chi connectivity index (χ4v) is 1.88. The fourth-order valence-electron chi connectivity index (χ4n) is 1.88. The molecule has 2 aromatic rings. The van der Waals surface area contributed by atoms with Gasteiger partial charge in [-0.2, -0.15) is 0 Å². The monoisotopic (exact) mass is 232 g/mol. The smallest absolute Gasteiger partial charge is 0.168 e. The predicted octanol–water partition coefficient (Wildman–Crippen LogP) is 4.06. The van der Waals surface area contributed by atoms with E-state index in [0.29, 0.717) is 5.56 Å². The van der Waals surface area contributed by atoms with Gasteiger partial charge in [0, 0.05) is 6.42 Å². The molecule has 0 amide bonds. The summed E-state index contributed by atoms with van der Waals surface area (Å²) in [5.41, 5.74) is -0.731. The van der Waals surface area contributed by atoms with Gasteiger partial charge in [0.05, 0.1) is 0 Å². The molecule has 0 aromatic heterocycles. The van der Waals surface area contributed by atoms with Crippen LogP contribution in [-0.2, 0) is 12.1 Å². The van der Waals surface area contributed by atoms with E-state index >= 15 is 0 Å². The lowest BCUT2D eigenvalue weighted by molar-refractivity contribution is 0.119. The zero-order valence-corrected chi connectivity index (χ0v) is 9.44. The van der Waals surface area contributed by atoms with Crippen LogP contribution in [0.25, 0.3) is 0 Å². The molecule has 1 atom stereocenters. The minimum Gasteiger partial charge on any atom is -0.247 e. The average Bonchev–Trinajstić information content (AvgIpc) is 2.41. The Bertz CT molecular complexity index is 453. The van der Waals surface area contributed by atoms with Crippen molar-refractivity contribution in [2.24, 2.45) is 0 Å². The van der Waals surface area contributed by atoms with Crippen LogP contribution in [0.4, 0.5) is 8.78 Å². The van der Waals surface area contributed by atoms with Gasteiger partial charge >= 0.3 is 0 Å². The quantitative estimate of drug-likeness (QED) is 0.745. The first-order valence-electron chi connectivity index (χ1n) is 5.59. The SMILES string of the molecule is FCC(F)(Cc1ccccc1)c1ccccc1. The molecule has 88 valence electrons. The second-order valence-electron chi connectivity index (χ2n) is 4.13. The molecule has 1 unspecified atom stereocenters. The van der Waals surface area contributed by atoms with Crippen molar-refractivity contribution in [1.82, 2.24) is 0 Å². The molecule has 0 bridgehead atoms. The van der Waals surface area contributed by atoms with E-state index in [1.165, 1.54) is 0 Å². The molecule has 2 rings (SSSR count). The third kappa shape index (κ3) is 2.70. The molecule has 0 fully saturated rings. The zero-order valence-electron chi connectivity index (χ0n) is 9.44. The molecule has 2 heteroatoms. The minimum atomic E-state index is -1.93. The van der Waals surface area contributed by atoms with E-state index in [1.807, 2.05) is 30.3 Å². The first-order chi connectivity index (χ1) is 8.24. The molecule has 0 spiro atoms. The van der Waals surface area contributed by atoms with Crippen LogP contribution in [-0.4, -0.2) is 6.67 Å². The molecule has 0 aliphatic rings. The Morgan fingerprint density at radius 2 is 1.35 bits per heavy atom. The van der Waals surface area contributed by atoms with Crippen molar-refractivity contribution in [3.63, 3.8) is 0 Å². The van der Waals surface area contributed by atoms with E-state index < -0.39 is 12.3 Å². The van der Waals surface area contributed by atoms with Gasteiger partial charge in [-0.15, -0.1) is 0 Å². The van der Waals surface area contributed by atoms with Gasteiger partial charge in [-0.25, -0.2) is 8.78 Å². The highest BCUT2D eigenvalue weighted by Gasteiger charge is 2.32. The van der Waals surface area contributed by atoms with Gasteiger partial charge in [-0.3, -0.25) is 0 Å². The van der Waals surface area contributed by atoms with Crippen molar-refractivity contribution < 1.29 is 8.78 Å². The van der Waals surface area contributed by atoms with E-state index in [4.69, 9.17) is 0 Å². The van der Waals surface area contributed by atoms with Crippen molar-refractivity contribution in [1.29, 1.82) is 0 Å². The number of halogens is 2. The van der Waals surface area contributed by atoms with Crippen molar-refractivity contribution >= 4 is 0 Å². The van der Waals surface area contributed by atoms with Gasteiger partial charge in [0.2, 0.25) is 0 Å². The van der Waals surface area contributed by atoms with Crippen molar-refractivity contribution in [3.05, 3.63) is 71.8 Å². The number of hydrogen-bond donors (Lipinski definition) is 0. The maximum absolute atomic E-state index is 14.6. The molecule has 0 saturated heterocycles. The van der Waals surface area contributed by atoms with Gasteiger partial charge in [0.15, 0.2) is 5.67 Å². The third-order valence-corrected chi connectivity index (χ3v) is 2.83. The molecule has 0 nitrogen and oxygen atoms in total. The van der Waals surface area contributed by atoms with Gasteiger partial charge in [0.1, 0.15) is 6.67 Å². The van der Waals surface area contributed by atoms with Crippen molar-refractivity contribution in [3.8, 4) is 0 Å². The molecule has 17 heavy (non-hydrogen) atoms. The van der Waals surface area contributed by atoms with Gasteiger partial charge in [-0.05, 0) is 11.1 Å². The minimum absolute atomic E-state index is 0.0638. The predicted molar refractivity (Wildman–Crippen MR) is 65.3 cm³/mol. The summed E-state index contributed by atoms with van der Waals surface area (Å²) >= 11 is 0. The largest absolute Gasteiger partial charge is 0.247 e. The summed E-state index contributed by atoms with van der Waals surface area (Å²) in [5, 5.41) is 0. The number of benzene rings is 2. The highest BCUT2D eigenvalue weighted by atomic mass is 19.2. The molecule has 0 aliphatic heterocycles. The van der Waals surface area contributed by atoms with E-state index in [9.17, 15) is 8.78 Å². The summed E-state index contributed by atoms with van der Waals surface area (Å²) < 4.78 is 27.6. The summed E-state index contributed by atoms with van der Waals surface area (Å²) in [6.07, 6.45) is 0.0638. The molecular formula is C15H14F2. The van der Waals surface area contributed by atoms with Crippen LogP contribution in [0.15, 0.2) is 60.7 Å². The average molecular weight is 232 g/mol. The molecule has 0 aliphatic carbocycles. The van der Waals surface area contributed by atoms with Crippen LogP contribution in [0.5, 0.6) is 0 Å². The van der Waals surface area contributed by atoms with Crippen LogP contribution in [0.2, 0.25) is 0 Å². The summed E-state index contributed by atoms with van der Waals surface area (Å²) in [7, 11) is 0. The van der Waals surface area contributed by atoms with Gasteiger partial charge in [-0.1, -0.05) is 60.7 Å². The Labute approximate surface area is 99.9 Å². The van der Waals surface area contributed by atoms with Crippen molar-refractivity contribution in [2.45, 2.75) is 12.1 Å². The van der Waals surface area contributed by atoms with E-state index in [1.54, 1.807) is 30.3 Å². The standard InChI is InChI=1S/C15H14F2/c16-12-15(17,14-9-5-2-6-10-14)11-13-7-3-1-4-8-13/h1-10H,11-12H2. The Morgan fingerprint density at radius 3 is 1.88 bits per heavy atom. The molecule has 0 N–H and O–H groups in total. The summed E-state index contributed by atoms with van der Waals surface area (Å²) in [5.74, 6) is 0. The second-order valence-corrected chi connectivity index (χ2v) is 4.13. The molecule has 2 aromatic carbocycles. The second kappa shape index (κ2) is 5.09. The topological polar surface area (TPSA) is 0 Å². The Balaban J connectivity index is 2.27. The van der Waals surface area contributed by atoms with Crippen LogP contribution < -0.4 is 0 Å². The van der Waals surface area contributed by atoms with Gasteiger partial charge < -0.3 is 0 Å². The lowest BCUT2D eigenvalue weighted by Crippen LogP contribution is -2.25. The Hall–Kier alpha value is -1.70. The summed E-state index contributed by atoms with van der Waals surface area (Å²) in [4.78, 5) is 0. The van der Waals surface area contributed by atoms with Crippen molar-refractivity contribution in [2.75, 3.05) is 6.67 Å². The zero-order chi connectivity index (χ0) is 12.1. The molecule has 0 heterocycles. The maximum atomic E-state index is 14.6. The summed E-state index contributed by atoms with van der Waals surface area (Å²) in [6, 6.07) is 17.7. The first kappa shape index (κ1) is 11.8. The molecule has 0 saturated carbocycles. The highest BCUT2D eigenvalue weighted by molar-refractivity contribution is 5.27. The molecule has 0 radical (unpaired) electrons. The fraction of sp³-hybridized carbons (Fsp3) is 0.200. The number of rotatable bonds is 4. The lowest BCUT2D eigenvalue weighted by atomic mass is 9.90. The normalized spacial score (nSPS) is 14.2. The van der Waals surface area contributed by atoms with E-state index in [0.717, 1.165) is 5.56 Å². The third-order valence-electron chi connectivity index (χ3n) is 2.83. The van der Waals surface area contributed by atoms with E-state index in [2.05, 4.69) is 0 Å². The van der Waals surface area contributed by atoms with Crippen LogP contribution >= 0.6 is 0 Å². The lowest BCUT2D eigenvalue weighted by Gasteiger charge is -2.22. The summed E-state index contributed by atoms with van der Waals surface area (Å²) in [6.45, 7) is -1.01. The first-order valence-corrected chi connectivity index (χ1v) is 5.59. The van der Waals surface area contributed by atoms with Crippen LogP contribution in [0.3, 0.4) is 0 Å². The van der Waals surface area contributed by atoms with Gasteiger partial charge in [0.25, 0.3) is 0 Å². The highest BCUT2D eigenvalue weighted by Crippen LogP contribution is 2.30. The maximum Gasteiger partial charge on any atom is 0.168 e. The van der Waals surface area contributed by atoms with E-state index in [-0.39, 0.29) is 6.42 Å².